The first-order valence-corrected chi connectivity index (χ1v) is 19.4. The Morgan fingerprint density at radius 2 is 1.23 bits per heavy atom. The molecule has 4 aliphatic carbocycles. The number of benzene rings is 4. The molecule has 1 fully saturated rings. The molecule has 4 aromatic carbocycles. The van der Waals surface area contributed by atoms with E-state index in [0.29, 0.717) is 29.7 Å². The molecule has 6 unspecified atom stereocenters. The summed E-state index contributed by atoms with van der Waals surface area (Å²) in [6.07, 6.45) is 25.1. The molecule has 6 atom stereocenters. The third kappa shape index (κ3) is 4.44. The summed E-state index contributed by atoms with van der Waals surface area (Å²) in [4.78, 5) is 2.62. The largest absolute Gasteiger partial charge is 0.334 e. The van der Waals surface area contributed by atoms with Gasteiger partial charge in [-0.1, -0.05) is 122 Å². The van der Waals surface area contributed by atoms with E-state index in [1.807, 2.05) is 0 Å². The summed E-state index contributed by atoms with van der Waals surface area (Å²) >= 11 is 0. The van der Waals surface area contributed by atoms with E-state index in [0.717, 1.165) is 19.3 Å². The predicted octanol–water partition coefficient (Wildman–Crippen LogP) is 8.30. The van der Waals surface area contributed by atoms with Gasteiger partial charge in [0.1, 0.15) is 0 Å². The highest BCUT2D eigenvalue weighted by Gasteiger charge is 2.44. The first kappa shape index (κ1) is 30.1. The molecule has 52 heavy (non-hydrogen) atoms. The second-order valence-corrected chi connectivity index (χ2v) is 15.5. The lowest BCUT2D eigenvalue weighted by Gasteiger charge is -2.34. The highest BCUT2D eigenvalue weighted by atomic mass is 15.2. The normalized spacial score (nSPS) is 25.8. The molecule has 254 valence electrons. The van der Waals surface area contributed by atoms with Crippen molar-refractivity contribution in [3.05, 3.63) is 166 Å². The first-order chi connectivity index (χ1) is 25.7. The number of allylic oxidation sites excluding steroid dienone is 4. The number of hydrogen-bond acceptors (Lipinski definition) is 1. The van der Waals surface area contributed by atoms with Crippen molar-refractivity contribution >= 4 is 51.8 Å². The standard InChI is InChI=1S/C49H43N3/c1-32-28-40-37-18-8-12-22-44(37)51(36-16-6-3-7-17-36)49(40)31-48(32)52-45-23-13-10-20-39(45)42-30-34(25-27-47(42)52)33-24-26-46-41(29-33)38-19-9-11-21-43(38)50(46)35-14-4-2-5-15-35/h2-8,10,12-24,26-28,30-34,41,46,48H,9,11,25,29H2,1H3. The van der Waals surface area contributed by atoms with Gasteiger partial charge in [-0.05, 0) is 91.5 Å². The van der Waals surface area contributed by atoms with Gasteiger partial charge >= 0.3 is 0 Å². The van der Waals surface area contributed by atoms with Crippen molar-refractivity contribution < 1.29 is 0 Å². The monoisotopic (exact) mass is 673 g/mol. The molecule has 3 heterocycles. The second kappa shape index (κ2) is 11.7. The summed E-state index contributed by atoms with van der Waals surface area (Å²) in [5.41, 5.74) is 8.16. The highest BCUT2D eigenvalue weighted by molar-refractivity contribution is 5.86. The minimum absolute atomic E-state index is 0.204. The van der Waals surface area contributed by atoms with Crippen molar-refractivity contribution in [1.29, 1.82) is 0 Å². The molecule has 0 bridgehead atoms. The summed E-state index contributed by atoms with van der Waals surface area (Å²) < 4.78 is 5.14. The lowest BCUT2D eigenvalue weighted by atomic mass is 9.73. The maximum Gasteiger partial charge on any atom is 0.0606 e. The molecule has 0 N–H and O–H groups in total. The Bertz CT molecular complexity index is 2740. The van der Waals surface area contributed by atoms with E-state index in [1.54, 1.807) is 5.57 Å². The van der Waals surface area contributed by atoms with Crippen LogP contribution in [0.3, 0.4) is 0 Å². The van der Waals surface area contributed by atoms with E-state index < -0.39 is 0 Å². The number of nitrogens with zero attached hydrogens (tertiary/aromatic N) is 3. The lowest BCUT2D eigenvalue weighted by Crippen LogP contribution is -2.41. The Morgan fingerprint density at radius 3 is 2.04 bits per heavy atom. The molecule has 0 radical (unpaired) electrons. The van der Waals surface area contributed by atoms with Gasteiger partial charge in [0, 0.05) is 55.1 Å². The Hall–Kier alpha value is -5.54. The van der Waals surface area contributed by atoms with Gasteiger partial charge in [0.15, 0.2) is 0 Å². The van der Waals surface area contributed by atoms with Crippen LogP contribution < -0.4 is 26.0 Å². The van der Waals surface area contributed by atoms with Crippen molar-refractivity contribution in [2.75, 3.05) is 4.90 Å². The van der Waals surface area contributed by atoms with Crippen LogP contribution in [0.25, 0.3) is 51.8 Å². The van der Waals surface area contributed by atoms with Gasteiger partial charge in [0.2, 0.25) is 0 Å². The van der Waals surface area contributed by atoms with Crippen molar-refractivity contribution in [3.8, 4) is 5.69 Å². The van der Waals surface area contributed by atoms with Gasteiger partial charge in [-0.15, -0.1) is 0 Å². The van der Waals surface area contributed by atoms with Crippen molar-refractivity contribution in [3.63, 3.8) is 0 Å². The molecular formula is C49H43N3. The molecule has 3 heteroatoms. The number of fused-ring (bicyclic) bond motifs is 9. The van der Waals surface area contributed by atoms with Gasteiger partial charge in [0.05, 0.1) is 22.9 Å². The number of rotatable bonds is 4. The lowest BCUT2D eigenvalue weighted by molar-refractivity contribution is 0.375. The number of para-hydroxylation sites is 4. The molecule has 6 aromatic rings. The number of aromatic nitrogens is 2. The topological polar surface area (TPSA) is 13.1 Å². The molecular weight excluding hydrogens is 631 g/mol. The van der Waals surface area contributed by atoms with E-state index >= 15 is 0 Å². The third-order valence-corrected chi connectivity index (χ3v) is 12.7. The predicted molar refractivity (Wildman–Crippen MR) is 217 cm³/mol. The summed E-state index contributed by atoms with van der Waals surface area (Å²) in [6.45, 7) is 2.40. The molecule has 5 aliphatic rings. The minimum Gasteiger partial charge on any atom is -0.334 e. The van der Waals surface area contributed by atoms with E-state index in [9.17, 15) is 0 Å². The fourth-order valence-electron chi connectivity index (χ4n) is 10.4. The number of hydrogen-bond donors (Lipinski definition) is 0. The zero-order valence-corrected chi connectivity index (χ0v) is 29.6. The number of anilines is 1. The van der Waals surface area contributed by atoms with Crippen LogP contribution in [0.4, 0.5) is 5.69 Å². The molecule has 3 nitrogen and oxygen atoms in total. The van der Waals surface area contributed by atoms with Crippen LogP contribution in [0.5, 0.6) is 0 Å². The van der Waals surface area contributed by atoms with Crippen molar-refractivity contribution in [1.82, 2.24) is 9.13 Å². The molecule has 1 saturated heterocycles. The molecule has 0 amide bonds. The third-order valence-electron chi connectivity index (χ3n) is 12.7. The Morgan fingerprint density at radius 1 is 0.558 bits per heavy atom. The molecule has 11 rings (SSSR count). The van der Waals surface area contributed by atoms with Crippen LogP contribution in [0.15, 0.2) is 145 Å². The van der Waals surface area contributed by atoms with Crippen LogP contribution >= 0.6 is 0 Å². The molecule has 0 spiro atoms. The SMILES string of the molecule is CC1C=c2c(n(-c3ccccc3)c3ccccc23)=CC1n1c2c(c3ccccc31)=CC(C1C=CC3C(C1)C1=CCCC=C1N3c1ccccc1)CC=2. The summed E-state index contributed by atoms with van der Waals surface area (Å²) in [5, 5.41) is 8.17. The van der Waals surface area contributed by atoms with Gasteiger partial charge in [0.25, 0.3) is 0 Å². The second-order valence-electron chi connectivity index (χ2n) is 15.5. The summed E-state index contributed by atoms with van der Waals surface area (Å²) in [7, 11) is 0. The van der Waals surface area contributed by atoms with E-state index in [2.05, 4.69) is 179 Å². The van der Waals surface area contributed by atoms with Gasteiger partial charge in [-0.3, -0.25) is 0 Å². The molecule has 2 aromatic heterocycles. The summed E-state index contributed by atoms with van der Waals surface area (Å²) in [5.74, 6) is 1.88. The molecule has 1 aliphatic heterocycles. The Balaban J connectivity index is 1.02. The average molecular weight is 674 g/mol. The van der Waals surface area contributed by atoms with Crippen molar-refractivity contribution in [2.24, 2.45) is 23.7 Å². The van der Waals surface area contributed by atoms with E-state index in [1.165, 1.54) is 66.4 Å². The Labute approximate surface area is 304 Å². The average Bonchev–Trinajstić information content (AvgIpc) is 3.83. The molecule has 0 saturated carbocycles. The Kier molecular flexibility index (Phi) is 6.80. The van der Waals surface area contributed by atoms with Crippen LogP contribution in [0.1, 0.15) is 38.6 Å². The van der Waals surface area contributed by atoms with Gasteiger partial charge < -0.3 is 14.0 Å². The van der Waals surface area contributed by atoms with Gasteiger partial charge in [-0.25, -0.2) is 0 Å². The maximum absolute atomic E-state index is 2.67. The van der Waals surface area contributed by atoms with Crippen LogP contribution in [0, 0.1) is 23.7 Å². The zero-order valence-electron chi connectivity index (χ0n) is 29.6. The van der Waals surface area contributed by atoms with E-state index in [4.69, 9.17) is 0 Å². The fourth-order valence-corrected chi connectivity index (χ4v) is 10.4. The smallest absolute Gasteiger partial charge is 0.0606 e. The quantitative estimate of drug-likeness (QED) is 0.172. The van der Waals surface area contributed by atoms with Crippen LogP contribution in [0.2, 0.25) is 0 Å². The fraction of sp³-hybridized carbons (Fsp3) is 0.224. The van der Waals surface area contributed by atoms with Crippen LogP contribution in [-0.4, -0.2) is 15.2 Å². The minimum atomic E-state index is 0.204. The van der Waals surface area contributed by atoms with E-state index in [-0.39, 0.29) is 6.04 Å². The van der Waals surface area contributed by atoms with Crippen LogP contribution in [-0.2, 0) is 0 Å². The maximum atomic E-state index is 2.67. The van der Waals surface area contributed by atoms with Crippen molar-refractivity contribution in [2.45, 2.75) is 44.7 Å². The zero-order chi connectivity index (χ0) is 34.3. The first-order valence-electron chi connectivity index (χ1n) is 19.4. The highest BCUT2D eigenvalue weighted by Crippen LogP contribution is 2.49. The van der Waals surface area contributed by atoms with Gasteiger partial charge in [-0.2, -0.15) is 0 Å². The summed E-state index contributed by atoms with van der Waals surface area (Å²) in [6, 6.07) is 40.6.